The quantitative estimate of drug-likeness (QED) is 0.787. The number of methoxy groups -OCH3 is 1. The molecule has 0 bridgehead atoms. The van der Waals surface area contributed by atoms with Gasteiger partial charge in [-0.1, -0.05) is 48.5 Å². The summed E-state index contributed by atoms with van der Waals surface area (Å²) in [6.07, 6.45) is 0.451. The molecule has 1 amide bonds. The maximum absolute atomic E-state index is 11.9. The smallest absolute Gasteiger partial charge is 0.221 e. The SMILES string of the molecule is COc1ccccc1CNC(=O)CCNC(C)c1ccccc1. The Morgan fingerprint density at radius 1 is 1.09 bits per heavy atom. The van der Waals surface area contributed by atoms with Crippen LogP contribution in [0, 0.1) is 0 Å². The molecule has 2 aromatic carbocycles. The van der Waals surface area contributed by atoms with E-state index in [1.807, 2.05) is 42.5 Å². The molecule has 2 N–H and O–H groups in total. The molecule has 0 saturated heterocycles. The summed E-state index contributed by atoms with van der Waals surface area (Å²) in [5.41, 5.74) is 2.20. The van der Waals surface area contributed by atoms with Crippen LogP contribution in [-0.2, 0) is 11.3 Å². The number of nitrogens with one attached hydrogen (secondary N) is 2. The fourth-order valence-corrected chi connectivity index (χ4v) is 2.39. The average molecular weight is 312 g/mol. The Balaban J connectivity index is 1.71. The number of benzene rings is 2. The minimum absolute atomic E-state index is 0.0312. The van der Waals surface area contributed by atoms with Crippen molar-refractivity contribution in [1.29, 1.82) is 0 Å². The highest BCUT2D eigenvalue weighted by atomic mass is 16.5. The van der Waals surface area contributed by atoms with Crippen molar-refractivity contribution in [2.45, 2.75) is 25.9 Å². The minimum atomic E-state index is 0.0312. The number of ether oxygens (including phenoxy) is 1. The lowest BCUT2D eigenvalue weighted by atomic mass is 10.1. The molecule has 0 aliphatic heterocycles. The van der Waals surface area contributed by atoms with Gasteiger partial charge in [0.05, 0.1) is 7.11 Å². The lowest BCUT2D eigenvalue weighted by Crippen LogP contribution is -2.28. The van der Waals surface area contributed by atoms with Gasteiger partial charge in [0.15, 0.2) is 0 Å². The summed E-state index contributed by atoms with van der Waals surface area (Å²) in [6.45, 7) is 3.23. The van der Waals surface area contributed by atoms with Crippen molar-refractivity contribution < 1.29 is 9.53 Å². The first-order valence-electron chi connectivity index (χ1n) is 7.87. The summed E-state index contributed by atoms with van der Waals surface area (Å²) in [4.78, 5) is 11.9. The van der Waals surface area contributed by atoms with Crippen LogP contribution in [0.15, 0.2) is 54.6 Å². The Bertz CT molecular complexity index is 614. The van der Waals surface area contributed by atoms with Gasteiger partial charge in [-0.05, 0) is 18.6 Å². The van der Waals surface area contributed by atoms with Gasteiger partial charge in [-0.25, -0.2) is 0 Å². The van der Waals surface area contributed by atoms with Crippen LogP contribution in [0.1, 0.15) is 30.5 Å². The summed E-state index contributed by atoms with van der Waals surface area (Å²) >= 11 is 0. The number of amides is 1. The number of carbonyl (C=O) groups excluding carboxylic acids is 1. The third-order valence-corrected chi connectivity index (χ3v) is 3.77. The zero-order valence-corrected chi connectivity index (χ0v) is 13.7. The van der Waals surface area contributed by atoms with Crippen LogP contribution in [0.5, 0.6) is 5.75 Å². The molecule has 0 radical (unpaired) electrons. The fraction of sp³-hybridized carbons (Fsp3) is 0.316. The molecule has 2 rings (SSSR count). The van der Waals surface area contributed by atoms with Crippen LogP contribution in [0.3, 0.4) is 0 Å². The van der Waals surface area contributed by atoms with Gasteiger partial charge in [0.25, 0.3) is 0 Å². The van der Waals surface area contributed by atoms with Gasteiger partial charge < -0.3 is 15.4 Å². The Labute approximate surface area is 137 Å². The van der Waals surface area contributed by atoms with Crippen molar-refractivity contribution in [3.8, 4) is 5.75 Å². The molecule has 23 heavy (non-hydrogen) atoms. The van der Waals surface area contributed by atoms with Crippen LogP contribution in [0.25, 0.3) is 0 Å². The van der Waals surface area contributed by atoms with Crippen molar-refractivity contribution in [3.05, 3.63) is 65.7 Å². The standard InChI is InChI=1S/C19H24N2O2/c1-15(16-8-4-3-5-9-16)20-13-12-19(22)21-14-17-10-6-7-11-18(17)23-2/h3-11,15,20H,12-14H2,1-2H3,(H,21,22). The Morgan fingerprint density at radius 2 is 1.78 bits per heavy atom. The molecular formula is C19H24N2O2. The first-order valence-corrected chi connectivity index (χ1v) is 7.87. The van der Waals surface area contributed by atoms with Gasteiger partial charge in [0.1, 0.15) is 5.75 Å². The highest BCUT2D eigenvalue weighted by Gasteiger charge is 2.07. The zero-order valence-electron chi connectivity index (χ0n) is 13.7. The van der Waals surface area contributed by atoms with Crippen molar-refractivity contribution in [1.82, 2.24) is 10.6 Å². The lowest BCUT2D eigenvalue weighted by Gasteiger charge is -2.14. The second kappa shape index (κ2) is 8.96. The number of para-hydroxylation sites is 1. The summed E-state index contributed by atoms with van der Waals surface area (Å²) in [5, 5.41) is 6.29. The van der Waals surface area contributed by atoms with E-state index in [0.717, 1.165) is 11.3 Å². The van der Waals surface area contributed by atoms with E-state index in [1.165, 1.54) is 5.56 Å². The first kappa shape index (κ1) is 17.0. The predicted molar refractivity (Wildman–Crippen MR) is 92.3 cm³/mol. The van der Waals surface area contributed by atoms with Crippen LogP contribution in [-0.4, -0.2) is 19.6 Å². The van der Waals surface area contributed by atoms with E-state index < -0.39 is 0 Å². The third-order valence-electron chi connectivity index (χ3n) is 3.77. The molecule has 4 nitrogen and oxygen atoms in total. The van der Waals surface area contributed by atoms with Gasteiger partial charge in [-0.2, -0.15) is 0 Å². The first-order chi connectivity index (χ1) is 11.2. The van der Waals surface area contributed by atoms with E-state index in [2.05, 4.69) is 29.7 Å². The van der Waals surface area contributed by atoms with Gasteiger partial charge in [-0.15, -0.1) is 0 Å². The molecule has 0 saturated carbocycles. The number of carbonyl (C=O) groups is 1. The largest absolute Gasteiger partial charge is 0.496 e. The highest BCUT2D eigenvalue weighted by Crippen LogP contribution is 2.16. The molecule has 0 aliphatic carbocycles. The molecular weight excluding hydrogens is 288 g/mol. The van der Waals surface area contributed by atoms with E-state index in [9.17, 15) is 4.79 Å². The van der Waals surface area contributed by atoms with Gasteiger partial charge in [0.2, 0.25) is 5.91 Å². The maximum atomic E-state index is 11.9. The Morgan fingerprint density at radius 3 is 2.52 bits per heavy atom. The predicted octanol–water partition coefficient (Wildman–Crippen LogP) is 3.05. The van der Waals surface area contributed by atoms with Crippen LogP contribution in [0.2, 0.25) is 0 Å². The van der Waals surface area contributed by atoms with Crippen molar-refractivity contribution >= 4 is 5.91 Å². The minimum Gasteiger partial charge on any atom is -0.496 e. The molecule has 2 aromatic rings. The molecule has 0 heterocycles. The topological polar surface area (TPSA) is 50.4 Å². The number of hydrogen-bond acceptors (Lipinski definition) is 3. The molecule has 0 aliphatic rings. The summed E-state index contributed by atoms with van der Waals surface area (Å²) in [6, 6.07) is 18.1. The average Bonchev–Trinajstić information content (AvgIpc) is 2.60. The molecule has 0 fully saturated rings. The van der Waals surface area contributed by atoms with E-state index in [-0.39, 0.29) is 11.9 Å². The van der Waals surface area contributed by atoms with E-state index in [0.29, 0.717) is 19.5 Å². The molecule has 0 aromatic heterocycles. The second-order valence-corrected chi connectivity index (χ2v) is 5.43. The van der Waals surface area contributed by atoms with Crippen molar-refractivity contribution in [2.75, 3.05) is 13.7 Å². The summed E-state index contributed by atoms with van der Waals surface area (Å²) in [7, 11) is 1.63. The Hall–Kier alpha value is -2.33. The number of hydrogen-bond donors (Lipinski definition) is 2. The third kappa shape index (κ3) is 5.42. The van der Waals surface area contributed by atoms with Crippen molar-refractivity contribution in [3.63, 3.8) is 0 Å². The zero-order chi connectivity index (χ0) is 16.5. The molecule has 0 spiro atoms. The van der Waals surface area contributed by atoms with Gasteiger partial charge in [-0.3, -0.25) is 4.79 Å². The summed E-state index contributed by atoms with van der Waals surface area (Å²) < 4.78 is 5.28. The Kier molecular flexibility index (Phi) is 6.63. The fourth-order valence-electron chi connectivity index (χ4n) is 2.39. The molecule has 122 valence electrons. The molecule has 1 unspecified atom stereocenters. The van der Waals surface area contributed by atoms with Crippen LogP contribution in [0.4, 0.5) is 0 Å². The summed E-state index contributed by atoms with van der Waals surface area (Å²) in [5.74, 6) is 0.826. The van der Waals surface area contributed by atoms with Crippen LogP contribution < -0.4 is 15.4 Å². The normalized spacial score (nSPS) is 11.7. The van der Waals surface area contributed by atoms with Gasteiger partial charge >= 0.3 is 0 Å². The monoisotopic (exact) mass is 312 g/mol. The maximum Gasteiger partial charge on any atom is 0.221 e. The second-order valence-electron chi connectivity index (χ2n) is 5.43. The van der Waals surface area contributed by atoms with Crippen molar-refractivity contribution in [2.24, 2.45) is 0 Å². The van der Waals surface area contributed by atoms with E-state index in [4.69, 9.17) is 4.74 Å². The van der Waals surface area contributed by atoms with Crippen LogP contribution >= 0.6 is 0 Å². The molecule has 1 atom stereocenters. The van der Waals surface area contributed by atoms with Gasteiger partial charge in [0, 0.05) is 31.1 Å². The lowest BCUT2D eigenvalue weighted by molar-refractivity contribution is -0.121. The van der Waals surface area contributed by atoms with E-state index >= 15 is 0 Å². The van der Waals surface area contributed by atoms with E-state index in [1.54, 1.807) is 7.11 Å². The highest BCUT2D eigenvalue weighted by molar-refractivity contribution is 5.76. The number of rotatable bonds is 8. The molecule has 4 heteroatoms.